The number of rotatable bonds is 9. The van der Waals surface area contributed by atoms with Crippen LogP contribution in [0.3, 0.4) is 0 Å². The highest BCUT2D eigenvalue weighted by Crippen LogP contribution is 2.26. The van der Waals surface area contributed by atoms with Crippen molar-refractivity contribution in [1.82, 2.24) is 9.88 Å². The number of nitrogens with zero attached hydrogens (tertiary/aromatic N) is 1. The fraction of sp³-hybridized carbons (Fsp3) is 0.281. The highest BCUT2D eigenvalue weighted by atomic mass is 16.6. The number of hydrogen-bond donors (Lipinski definition) is 1. The molecule has 1 amide bonds. The molecule has 0 bridgehead atoms. The molecule has 40 heavy (non-hydrogen) atoms. The Morgan fingerprint density at radius 2 is 1.38 bits per heavy atom. The Bertz CT molecular complexity index is 1440. The van der Waals surface area contributed by atoms with Crippen molar-refractivity contribution in [2.24, 2.45) is 5.92 Å². The largest absolute Gasteiger partial charge is 0.461 e. The van der Waals surface area contributed by atoms with Crippen LogP contribution in [0.5, 0.6) is 0 Å². The molecule has 1 atom stereocenters. The van der Waals surface area contributed by atoms with E-state index in [-0.39, 0.29) is 26.2 Å². The number of benzene rings is 3. The second-order valence-electron chi connectivity index (χ2n) is 10.5. The number of alkyl carbamates (subject to hydrolysis) is 1. The van der Waals surface area contributed by atoms with Crippen LogP contribution in [0, 0.1) is 5.92 Å². The van der Waals surface area contributed by atoms with Crippen molar-refractivity contribution < 1.29 is 28.6 Å². The van der Waals surface area contributed by atoms with Gasteiger partial charge in [0.15, 0.2) is 0 Å². The maximum atomic E-state index is 13.3. The standard InChI is InChI=1S/C32H34N2O6/c1-32(2,3)40-31(37)34-20-26(27-16-10-11-17-28(27)34)18-25(29(35)38-21-23-12-6-4-7-13-23)19-33-30(36)39-22-24-14-8-5-9-15-24/h4-17,20,25H,18-19,21-22H2,1-3H3,(H,33,36)/t25-/m1/s1. The molecule has 0 spiro atoms. The minimum absolute atomic E-state index is 0.00676. The molecule has 3 aromatic carbocycles. The molecule has 0 saturated carbocycles. The van der Waals surface area contributed by atoms with E-state index >= 15 is 0 Å². The summed E-state index contributed by atoms with van der Waals surface area (Å²) >= 11 is 0. The van der Waals surface area contributed by atoms with E-state index in [1.807, 2.05) is 84.9 Å². The molecule has 0 fully saturated rings. The Hall–Kier alpha value is -4.59. The zero-order valence-electron chi connectivity index (χ0n) is 23.0. The third kappa shape index (κ3) is 7.96. The minimum atomic E-state index is -0.731. The van der Waals surface area contributed by atoms with Gasteiger partial charge >= 0.3 is 18.2 Å². The topological polar surface area (TPSA) is 95.9 Å². The summed E-state index contributed by atoms with van der Waals surface area (Å²) in [4.78, 5) is 38.7. The van der Waals surface area contributed by atoms with Crippen molar-refractivity contribution in [3.05, 3.63) is 108 Å². The van der Waals surface area contributed by atoms with Gasteiger partial charge in [-0.1, -0.05) is 78.9 Å². The number of hydrogen-bond acceptors (Lipinski definition) is 6. The average molecular weight is 543 g/mol. The van der Waals surface area contributed by atoms with E-state index in [1.165, 1.54) is 4.57 Å². The van der Waals surface area contributed by atoms with Crippen molar-refractivity contribution in [1.29, 1.82) is 0 Å². The molecule has 0 radical (unpaired) electrons. The molecule has 0 aliphatic carbocycles. The van der Waals surface area contributed by atoms with Gasteiger partial charge in [0, 0.05) is 18.1 Å². The van der Waals surface area contributed by atoms with Crippen molar-refractivity contribution in [2.45, 2.75) is 46.0 Å². The van der Waals surface area contributed by atoms with Gasteiger partial charge in [0.05, 0.1) is 11.4 Å². The molecular formula is C32H34N2O6. The molecule has 4 rings (SSSR count). The zero-order chi connectivity index (χ0) is 28.5. The van der Waals surface area contributed by atoms with Gasteiger partial charge in [0.2, 0.25) is 0 Å². The van der Waals surface area contributed by atoms with E-state index in [9.17, 15) is 14.4 Å². The Morgan fingerprint density at radius 1 is 0.800 bits per heavy atom. The van der Waals surface area contributed by atoms with E-state index in [1.54, 1.807) is 27.0 Å². The number of nitrogens with one attached hydrogen (secondary N) is 1. The molecule has 4 aromatic rings. The SMILES string of the molecule is CC(C)(C)OC(=O)n1cc(C[C@H](CNC(=O)OCc2ccccc2)C(=O)OCc2ccccc2)c2ccccc21. The molecule has 8 nitrogen and oxygen atoms in total. The van der Waals surface area contributed by atoms with Gasteiger partial charge in [-0.15, -0.1) is 0 Å². The molecule has 0 unspecified atom stereocenters. The predicted molar refractivity (Wildman–Crippen MR) is 152 cm³/mol. The molecule has 0 saturated heterocycles. The fourth-order valence-corrected chi connectivity index (χ4v) is 4.21. The zero-order valence-corrected chi connectivity index (χ0v) is 23.0. The first kappa shape index (κ1) is 28.4. The van der Waals surface area contributed by atoms with Gasteiger partial charge in [-0.2, -0.15) is 0 Å². The lowest BCUT2D eigenvalue weighted by Gasteiger charge is -2.19. The lowest BCUT2D eigenvalue weighted by atomic mass is 9.99. The first-order chi connectivity index (χ1) is 19.2. The monoisotopic (exact) mass is 542 g/mol. The van der Waals surface area contributed by atoms with Crippen LogP contribution < -0.4 is 5.32 Å². The number of carbonyl (C=O) groups is 3. The molecule has 1 heterocycles. The first-order valence-corrected chi connectivity index (χ1v) is 13.2. The summed E-state index contributed by atoms with van der Waals surface area (Å²) in [5.74, 6) is -1.20. The Labute approximate surface area is 233 Å². The third-order valence-electron chi connectivity index (χ3n) is 6.11. The van der Waals surface area contributed by atoms with Crippen molar-refractivity contribution in [3.63, 3.8) is 0 Å². The van der Waals surface area contributed by atoms with Crippen LogP contribution in [0.1, 0.15) is 37.5 Å². The van der Waals surface area contributed by atoms with E-state index in [0.717, 1.165) is 22.1 Å². The Morgan fingerprint density at radius 3 is 2.00 bits per heavy atom. The summed E-state index contributed by atoms with van der Waals surface area (Å²) in [6.07, 6.45) is 0.758. The highest BCUT2D eigenvalue weighted by molar-refractivity contribution is 5.92. The summed E-state index contributed by atoms with van der Waals surface area (Å²) in [7, 11) is 0. The second-order valence-corrected chi connectivity index (χ2v) is 10.5. The summed E-state index contributed by atoms with van der Waals surface area (Å²) in [5, 5.41) is 3.51. The normalized spacial score (nSPS) is 12.0. The van der Waals surface area contributed by atoms with Crippen LogP contribution >= 0.6 is 0 Å². The first-order valence-electron chi connectivity index (χ1n) is 13.2. The minimum Gasteiger partial charge on any atom is -0.461 e. The number of ether oxygens (including phenoxy) is 3. The highest BCUT2D eigenvalue weighted by Gasteiger charge is 2.26. The van der Waals surface area contributed by atoms with Crippen LogP contribution in [0.4, 0.5) is 9.59 Å². The maximum Gasteiger partial charge on any atom is 0.419 e. The quantitative estimate of drug-likeness (QED) is 0.198. The number of amides is 1. The van der Waals surface area contributed by atoms with E-state index in [4.69, 9.17) is 14.2 Å². The lowest BCUT2D eigenvalue weighted by Crippen LogP contribution is -2.35. The Kier molecular flexibility index (Phi) is 9.22. The van der Waals surface area contributed by atoms with Gasteiger partial charge in [0.1, 0.15) is 18.8 Å². The van der Waals surface area contributed by atoms with Crippen LogP contribution in [0.25, 0.3) is 10.9 Å². The van der Waals surface area contributed by atoms with Crippen molar-refractivity contribution >= 4 is 29.1 Å². The summed E-state index contributed by atoms with van der Waals surface area (Å²) in [6, 6.07) is 26.1. The van der Waals surface area contributed by atoms with Gasteiger partial charge in [-0.25, -0.2) is 9.59 Å². The van der Waals surface area contributed by atoms with Gasteiger partial charge < -0.3 is 19.5 Å². The third-order valence-corrected chi connectivity index (χ3v) is 6.11. The number of carbonyl (C=O) groups excluding carboxylic acids is 3. The number of para-hydroxylation sites is 1. The van der Waals surface area contributed by atoms with Gasteiger partial charge in [0.25, 0.3) is 0 Å². The molecule has 1 aromatic heterocycles. The average Bonchev–Trinajstić information content (AvgIpc) is 3.31. The molecule has 208 valence electrons. The molecule has 1 N–H and O–H groups in total. The van der Waals surface area contributed by atoms with Crippen LogP contribution in [-0.4, -0.2) is 34.9 Å². The predicted octanol–water partition coefficient (Wildman–Crippen LogP) is 6.25. The van der Waals surface area contributed by atoms with E-state index < -0.39 is 29.7 Å². The molecule has 0 aliphatic heterocycles. The molecule has 0 aliphatic rings. The van der Waals surface area contributed by atoms with E-state index in [2.05, 4.69) is 5.32 Å². The lowest BCUT2D eigenvalue weighted by molar-refractivity contribution is -0.149. The smallest absolute Gasteiger partial charge is 0.419 e. The Balaban J connectivity index is 1.51. The van der Waals surface area contributed by atoms with E-state index in [0.29, 0.717) is 5.52 Å². The van der Waals surface area contributed by atoms with Crippen molar-refractivity contribution in [3.8, 4) is 0 Å². The van der Waals surface area contributed by atoms with Crippen LogP contribution in [0.2, 0.25) is 0 Å². The number of fused-ring (bicyclic) bond motifs is 1. The van der Waals surface area contributed by atoms with Crippen LogP contribution in [-0.2, 0) is 38.6 Å². The van der Waals surface area contributed by atoms with Crippen LogP contribution in [0.15, 0.2) is 91.1 Å². The van der Waals surface area contributed by atoms with Crippen molar-refractivity contribution in [2.75, 3.05) is 6.54 Å². The van der Waals surface area contributed by atoms with Gasteiger partial charge in [-0.3, -0.25) is 9.36 Å². The summed E-state index contributed by atoms with van der Waals surface area (Å²) < 4.78 is 18.0. The number of esters is 1. The van der Waals surface area contributed by atoms with Gasteiger partial charge in [-0.05, 0) is 49.9 Å². The summed E-state index contributed by atoms with van der Waals surface area (Å²) in [5.41, 5.74) is 2.45. The summed E-state index contributed by atoms with van der Waals surface area (Å²) in [6.45, 7) is 5.62. The number of aromatic nitrogens is 1. The fourth-order valence-electron chi connectivity index (χ4n) is 4.21. The maximum absolute atomic E-state index is 13.3. The molecule has 8 heteroatoms. The second kappa shape index (κ2) is 13.0. The molecular weight excluding hydrogens is 508 g/mol.